The van der Waals surface area contributed by atoms with Crippen molar-refractivity contribution in [2.24, 2.45) is 5.41 Å². The Morgan fingerprint density at radius 1 is 1.20 bits per heavy atom. The highest BCUT2D eigenvalue weighted by Gasteiger charge is 2.30. The van der Waals surface area contributed by atoms with Crippen molar-refractivity contribution in [1.82, 2.24) is 10.6 Å². The van der Waals surface area contributed by atoms with Crippen molar-refractivity contribution in [2.75, 3.05) is 7.05 Å². The van der Waals surface area contributed by atoms with Gasteiger partial charge in [-0.1, -0.05) is 20.8 Å². The topological polar surface area (TPSA) is 58.2 Å². The first kappa shape index (κ1) is 14.1. The number of rotatable bonds is 4. The minimum Gasteiger partial charge on any atom is -0.344 e. The van der Waals surface area contributed by atoms with Gasteiger partial charge in [0.25, 0.3) is 0 Å². The molecule has 0 radical (unpaired) electrons. The molecule has 0 aromatic heterocycles. The molecule has 2 N–H and O–H groups in total. The molecule has 0 aromatic rings. The van der Waals surface area contributed by atoms with Gasteiger partial charge >= 0.3 is 0 Å². The number of ketones is 1. The summed E-state index contributed by atoms with van der Waals surface area (Å²) in [6.45, 7) is 9.06. The SMILES string of the molecule is CN[C@@H](C)C(=O)NC(C(C)=O)C(C)(C)C. The van der Waals surface area contributed by atoms with Gasteiger partial charge in [0.05, 0.1) is 12.1 Å². The summed E-state index contributed by atoms with van der Waals surface area (Å²) < 4.78 is 0. The van der Waals surface area contributed by atoms with Crippen molar-refractivity contribution in [1.29, 1.82) is 0 Å². The Kier molecular flexibility index (Phi) is 4.94. The van der Waals surface area contributed by atoms with Gasteiger partial charge in [0, 0.05) is 0 Å². The van der Waals surface area contributed by atoms with Crippen LogP contribution in [0.2, 0.25) is 0 Å². The largest absolute Gasteiger partial charge is 0.344 e. The maximum Gasteiger partial charge on any atom is 0.237 e. The average molecular weight is 214 g/mol. The van der Waals surface area contributed by atoms with E-state index in [-0.39, 0.29) is 23.1 Å². The second-order valence-corrected chi connectivity index (χ2v) is 4.93. The molecule has 2 atom stereocenters. The van der Waals surface area contributed by atoms with Crippen LogP contribution in [0, 0.1) is 5.41 Å². The zero-order valence-corrected chi connectivity index (χ0v) is 10.5. The Morgan fingerprint density at radius 3 is 1.93 bits per heavy atom. The van der Waals surface area contributed by atoms with E-state index in [1.54, 1.807) is 14.0 Å². The van der Waals surface area contributed by atoms with Gasteiger partial charge in [0.2, 0.25) is 5.91 Å². The van der Waals surface area contributed by atoms with E-state index in [1.807, 2.05) is 20.8 Å². The first-order chi connectivity index (χ1) is 6.70. The lowest BCUT2D eigenvalue weighted by Crippen LogP contribution is -2.52. The molecule has 1 amide bonds. The average Bonchev–Trinajstić information content (AvgIpc) is 2.09. The number of hydrogen-bond acceptors (Lipinski definition) is 3. The fraction of sp³-hybridized carbons (Fsp3) is 0.818. The van der Waals surface area contributed by atoms with Crippen molar-refractivity contribution in [2.45, 2.75) is 46.7 Å². The van der Waals surface area contributed by atoms with Gasteiger partial charge in [-0.05, 0) is 26.3 Å². The van der Waals surface area contributed by atoms with Crippen molar-refractivity contribution in [3.05, 3.63) is 0 Å². The molecular weight excluding hydrogens is 192 g/mol. The number of carbonyl (C=O) groups excluding carboxylic acids is 2. The molecule has 0 bridgehead atoms. The lowest BCUT2D eigenvalue weighted by Gasteiger charge is -2.30. The summed E-state index contributed by atoms with van der Waals surface area (Å²) >= 11 is 0. The van der Waals surface area contributed by atoms with Crippen molar-refractivity contribution < 1.29 is 9.59 Å². The van der Waals surface area contributed by atoms with E-state index in [4.69, 9.17) is 0 Å². The zero-order valence-electron chi connectivity index (χ0n) is 10.5. The van der Waals surface area contributed by atoms with Gasteiger partial charge in [0.1, 0.15) is 0 Å². The van der Waals surface area contributed by atoms with E-state index in [0.717, 1.165) is 0 Å². The van der Waals surface area contributed by atoms with Crippen LogP contribution in [0.15, 0.2) is 0 Å². The molecule has 0 saturated heterocycles. The third kappa shape index (κ3) is 4.42. The lowest BCUT2D eigenvalue weighted by atomic mass is 9.84. The molecule has 1 unspecified atom stereocenters. The van der Waals surface area contributed by atoms with Crippen molar-refractivity contribution in [3.8, 4) is 0 Å². The molecule has 0 saturated carbocycles. The van der Waals surface area contributed by atoms with Crippen LogP contribution in [-0.2, 0) is 9.59 Å². The lowest BCUT2D eigenvalue weighted by molar-refractivity contribution is -0.130. The summed E-state index contributed by atoms with van der Waals surface area (Å²) in [5, 5.41) is 5.59. The third-order valence-electron chi connectivity index (χ3n) is 2.39. The number of Topliss-reactive ketones (excluding diaryl/α,β-unsaturated/α-hetero) is 1. The number of carbonyl (C=O) groups is 2. The third-order valence-corrected chi connectivity index (χ3v) is 2.39. The summed E-state index contributed by atoms with van der Waals surface area (Å²) in [7, 11) is 1.71. The van der Waals surface area contributed by atoms with Gasteiger partial charge in [-0.15, -0.1) is 0 Å². The Bertz CT molecular complexity index is 243. The van der Waals surface area contributed by atoms with Gasteiger partial charge < -0.3 is 10.6 Å². The van der Waals surface area contributed by atoms with E-state index in [2.05, 4.69) is 10.6 Å². The second-order valence-electron chi connectivity index (χ2n) is 4.93. The van der Waals surface area contributed by atoms with Crippen LogP contribution in [0.5, 0.6) is 0 Å². The van der Waals surface area contributed by atoms with Crippen LogP contribution in [0.1, 0.15) is 34.6 Å². The van der Waals surface area contributed by atoms with Crippen molar-refractivity contribution in [3.63, 3.8) is 0 Å². The highest BCUT2D eigenvalue weighted by Crippen LogP contribution is 2.19. The van der Waals surface area contributed by atoms with Crippen LogP contribution in [0.4, 0.5) is 0 Å². The molecule has 0 aliphatic heterocycles. The molecule has 4 heteroatoms. The first-order valence-electron chi connectivity index (χ1n) is 5.18. The second kappa shape index (κ2) is 5.26. The molecule has 0 heterocycles. The standard InChI is InChI=1S/C11H22N2O2/c1-7(12-6)10(15)13-9(8(2)14)11(3,4)5/h7,9,12H,1-6H3,(H,13,15)/t7-,9?/m0/s1. The van der Waals surface area contributed by atoms with Crippen LogP contribution in [0.3, 0.4) is 0 Å². The minimum atomic E-state index is -0.430. The summed E-state index contributed by atoms with van der Waals surface area (Å²) in [6.07, 6.45) is 0. The maximum atomic E-state index is 11.6. The summed E-state index contributed by atoms with van der Waals surface area (Å²) in [6, 6.07) is -0.713. The van der Waals surface area contributed by atoms with Gasteiger partial charge in [-0.3, -0.25) is 9.59 Å². The van der Waals surface area contributed by atoms with Crippen LogP contribution in [0.25, 0.3) is 0 Å². The zero-order chi connectivity index (χ0) is 12.2. The highest BCUT2D eigenvalue weighted by atomic mass is 16.2. The fourth-order valence-corrected chi connectivity index (χ4v) is 1.33. The normalized spacial score (nSPS) is 15.6. The molecule has 0 fully saturated rings. The van der Waals surface area contributed by atoms with Crippen LogP contribution < -0.4 is 10.6 Å². The maximum absolute atomic E-state index is 11.6. The first-order valence-corrected chi connectivity index (χ1v) is 5.18. The molecule has 0 rings (SSSR count). The van der Waals surface area contributed by atoms with E-state index >= 15 is 0 Å². The Hall–Kier alpha value is -0.900. The number of amides is 1. The number of likely N-dealkylation sites (N-methyl/N-ethyl adjacent to an activating group) is 1. The summed E-state index contributed by atoms with van der Waals surface area (Å²) in [5.74, 6) is -0.160. The van der Waals surface area contributed by atoms with Gasteiger partial charge in [-0.2, -0.15) is 0 Å². The van der Waals surface area contributed by atoms with Crippen LogP contribution in [-0.4, -0.2) is 30.8 Å². The molecule has 4 nitrogen and oxygen atoms in total. The number of nitrogens with one attached hydrogen (secondary N) is 2. The smallest absolute Gasteiger partial charge is 0.237 e. The molecule has 15 heavy (non-hydrogen) atoms. The van der Waals surface area contributed by atoms with Crippen LogP contribution >= 0.6 is 0 Å². The highest BCUT2D eigenvalue weighted by molar-refractivity contribution is 5.90. The van der Waals surface area contributed by atoms with E-state index in [0.29, 0.717) is 0 Å². The quantitative estimate of drug-likeness (QED) is 0.725. The number of hydrogen-bond donors (Lipinski definition) is 2. The predicted octanol–water partition coefficient (Wildman–Crippen LogP) is 0.714. The summed E-state index contributed by atoms with van der Waals surface area (Å²) in [5.41, 5.74) is -0.255. The molecule has 0 aromatic carbocycles. The predicted molar refractivity (Wildman–Crippen MR) is 60.6 cm³/mol. The molecule has 0 spiro atoms. The summed E-state index contributed by atoms with van der Waals surface area (Å²) in [4.78, 5) is 23.0. The monoisotopic (exact) mass is 214 g/mol. The Labute approximate surface area is 91.8 Å². The minimum absolute atomic E-state index is 0.0147. The van der Waals surface area contributed by atoms with E-state index in [9.17, 15) is 9.59 Å². The fourth-order valence-electron chi connectivity index (χ4n) is 1.33. The Balaban J connectivity index is 4.58. The molecule has 0 aliphatic rings. The molecule has 88 valence electrons. The van der Waals surface area contributed by atoms with E-state index < -0.39 is 6.04 Å². The Morgan fingerprint density at radius 2 is 1.67 bits per heavy atom. The molecule has 0 aliphatic carbocycles. The van der Waals surface area contributed by atoms with E-state index in [1.165, 1.54) is 6.92 Å². The van der Waals surface area contributed by atoms with Gasteiger partial charge in [0.15, 0.2) is 5.78 Å². The molecular formula is C11H22N2O2. The van der Waals surface area contributed by atoms with Gasteiger partial charge in [-0.25, -0.2) is 0 Å². The van der Waals surface area contributed by atoms with Crippen molar-refractivity contribution >= 4 is 11.7 Å².